The second-order valence-corrected chi connectivity index (χ2v) is 8.99. The zero-order chi connectivity index (χ0) is 21.0. The van der Waals surface area contributed by atoms with Gasteiger partial charge in [0.15, 0.2) is 11.5 Å². The quantitative estimate of drug-likeness (QED) is 0.698. The van der Waals surface area contributed by atoms with Gasteiger partial charge in [0.25, 0.3) is 5.91 Å². The first-order valence-corrected chi connectivity index (χ1v) is 10.8. The van der Waals surface area contributed by atoms with Crippen molar-refractivity contribution in [3.05, 3.63) is 70.1 Å². The van der Waals surface area contributed by atoms with Crippen LogP contribution >= 0.6 is 11.6 Å². The summed E-state index contributed by atoms with van der Waals surface area (Å²) in [6.07, 6.45) is 2.39. The lowest BCUT2D eigenvalue weighted by Crippen LogP contribution is -2.41. The minimum atomic E-state index is -0.565. The molecule has 4 unspecified atom stereocenters. The van der Waals surface area contributed by atoms with Crippen LogP contribution in [0.2, 0.25) is 5.02 Å². The molecule has 2 aromatic rings. The van der Waals surface area contributed by atoms with Crippen molar-refractivity contribution in [3.8, 4) is 0 Å². The maximum atomic E-state index is 13.7. The summed E-state index contributed by atoms with van der Waals surface area (Å²) in [5.41, 5.74) is 2.08. The van der Waals surface area contributed by atoms with Crippen LogP contribution in [0.5, 0.6) is 0 Å². The molecule has 5 nitrogen and oxygen atoms in total. The molecule has 0 radical (unpaired) electrons. The number of fused-ring (bicyclic) bond motifs is 1. The minimum absolute atomic E-state index is 0.0382. The molecule has 1 saturated carbocycles. The van der Waals surface area contributed by atoms with E-state index < -0.39 is 6.04 Å². The van der Waals surface area contributed by atoms with Crippen LogP contribution in [0.3, 0.4) is 0 Å². The number of rotatable bonds is 2. The predicted molar refractivity (Wildman–Crippen MR) is 114 cm³/mol. The highest BCUT2D eigenvalue weighted by Crippen LogP contribution is 2.48. The van der Waals surface area contributed by atoms with Gasteiger partial charge in [0, 0.05) is 10.7 Å². The number of carbonyl (C=O) groups excluding carboxylic acids is 2. The van der Waals surface area contributed by atoms with Crippen LogP contribution in [0.4, 0.5) is 5.82 Å². The molecule has 4 atom stereocenters. The molecule has 1 amide bonds. The number of aromatic nitrogens is 1. The highest BCUT2D eigenvalue weighted by molar-refractivity contribution is 6.30. The second-order valence-electron chi connectivity index (χ2n) is 8.55. The molecule has 3 heterocycles. The molecule has 0 bridgehead atoms. The molecule has 5 rings (SSSR count). The zero-order valence-electron chi connectivity index (χ0n) is 17.0. The van der Waals surface area contributed by atoms with Gasteiger partial charge in [0.05, 0.1) is 17.5 Å². The standard InChI is InChI=1S/C24H23ClN2O3/c1-13-6-11-18-17(12-13)22(28)20-21(15-7-9-16(25)10-8-15)27(24(29)23(20)30-18)19-5-3-4-14(2)26-19/h3-5,7-10,13,17-18,21H,6,11-12H2,1-2H3. The van der Waals surface area contributed by atoms with Crippen molar-refractivity contribution in [2.24, 2.45) is 11.8 Å². The number of halogens is 1. The van der Waals surface area contributed by atoms with Gasteiger partial charge in [-0.25, -0.2) is 4.98 Å². The van der Waals surface area contributed by atoms with Gasteiger partial charge in [-0.05, 0) is 61.9 Å². The van der Waals surface area contributed by atoms with Crippen LogP contribution < -0.4 is 4.90 Å². The third-order valence-corrected chi connectivity index (χ3v) is 6.67. The maximum Gasteiger partial charge on any atom is 0.295 e. The third-order valence-electron chi connectivity index (χ3n) is 6.42. The molecular weight excluding hydrogens is 400 g/mol. The number of Topliss-reactive ketones (excluding diaryl/α,β-unsaturated/α-hetero) is 1. The largest absolute Gasteiger partial charge is 0.483 e. The minimum Gasteiger partial charge on any atom is -0.483 e. The first-order chi connectivity index (χ1) is 14.4. The van der Waals surface area contributed by atoms with E-state index in [0.717, 1.165) is 30.5 Å². The molecule has 1 fully saturated rings. The van der Waals surface area contributed by atoms with Gasteiger partial charge in [0.1, 0.15) is 11.9 Å². The lowest BCUT2D eigenvalue weighted by atomic mass is 9.74. The molecular formula is C24H23ClN2O3. The maximum absolute atomic E-state index is 13.7. The summed E-state index contributed by atoms with van der Waals surface area (Å²) in [5.74, 6) is 0.730. The van der Waals surface area contributed by atoms with Gasteiger partial charge in [-0.15, -0.1) is 0 Å². The molecule has 1 aliphatic carbocycles. The highest BCUT2D eigenvalue weighted by atomic mass is 35.5. The number of ether oxygens (including phenoxy) is 1. The van der Waals surface area contributed by atoms with Crippen LogP contribution in [0, 0.1) is 18.8 Å². The van der Waals surface area contributed by atoms with E-state index in [1.807, 2.05) is 31.2 Å². The number of pyridine rings is 1. The Morgan fingerprint density at radius 3 is 2.60 bits per heavy atom. The Labute approximate surface area is 180 Å². The van der Waals surface area contributed by atoms with Crippen molar-refractivity contribution in [3.63, 3.8) is 0 Å². The molecule has 2 aliphatic heterocycles. The summed E-state index contributed by atoms with van der Waals surface area (Å²) in [4.78, 5) is 33.3. The zero-order valence-corrected chi connectivity index (χ0v) is 17.7. The van der Waals surface area contributed by atoms with Crippen molar-refractivity contribution in [1.29, 1.82) is 0 Å². The average Bonchev–Trinajstić information content (AvgIpc) is 3.02. The molecule has 1 aromatic carbocycles. The SMILES string of the molecule is Cc1cccc(N2C(=O)C3=C(C(=O)C4CC(C)CCC4O3)C2c2ccc(Cl)cc2)n1. The fourth-order valence-electron chi connectivity index (χ4n) is 4.94. The Morgan fingerprint density at radius 1 is 1.10 bits per heavy atom. The van der Waals surface area contributed by atoms with Gasteiger partial charge >= 0.3 is 0 Å². The van der Waals surface area contributed by atoms with Gasteiger partial charge in [0.2, 0.25) is 0 Å². The van der Waals surface area contributed by atoms with Crippen molar-refractivity contribution < 1.29 is 14.3 Å². The van der Waals surface area contributed by atoms with Crippen LogP contribution in [0.1, 0.15) is 43.5 Å². The van der Waals surface area contributed by atoms with E-state index in [2.05, 4.69) is 11.9 Å². The van der Waals surface area contributed by atoms with Gasteiger partial charge in [-0.2, -0.15) is 0 Å². The number of carbonyl (C=O) groups is 2. The Hall–Kier alpha value is -2.66. The van der Waals surface area contributed by atoms with Crippen molar-refractivity contribution in [1.82, 2.24) is 4.98 Å². The number of amides is 1. The summed E-state index contributed by atoms with van der Waals surface area (Å²) in [6, 6.07) is 12.3. The Kier molecular flexibility index (Phi) is 4.66. The predicted octanol–water partition coefficient (Wildman–Crippen LogP) is 4.79. The van der Waals surface area contributed by atoms with Crippen LogP contribution in [0.25, 0.3) is 0 Å². The first-order valence-electron chi connectivity index (χ1n) is 10.4. The summed E-state index contributed by atoms with van der Waals surface area (Å²) in [6.45, 7) is 4.05. The van der Waals surface area contributed by atoms with Crippen molar-refractivity contribution in [2.45, 2.75) is 45.3 Å². The van der Waals surface area contributed by atoms with Gasteiger partial charge < -0.3 is 4.74 Å². The number of nitrogens with zero attached hydrogens (tertiary/aromatic N) is 2. The van der Waals surface area contributed by atoms with Crippen LogP contribution in [-0.4, -0.2) is 22.8 Å². The van der Waals surface area contributed by atoms with E-state index in [9.17, 15) is 9.59 Å². The Bertz CT molecular complexity index is 1060. The Balaban J connectivity index is 1.65. The second kappa shape index (κ2) is 7.24. The van der Waals surface area contributed by atoms with E-state index in [0.29, 0.717) is 22.3 Å². The normalized spacial score (nSPS) is 28.3. The number of aryl methyl sites for hydroxylation is 1. The molecule has 0 spiro atoms. The number of hydrogen-bond donors (Lipinski definition) is 0. The fourth-order valence-corrected chi connectivity index (χ4v) is 5.06. The van der Waals surface area contributed by atoms with E-state index in [1.165, 1.54) is 0 Å². The summed E-state index contributed by atoms with van der Waals surface area (Å²) < 4.78 is 6.22. The van der Waals surface area contributed by atoms with E-state index >= 15 is 0 Å². The van der Waals surface area contributed by atoms with E-state index in [4.69, 9.17) is 16.3 Å². The van der Waals surface area contributed by atoms with Crippen molar-refractivity contribution in [2.75, 3.05) is 4.90 Å². The lowest BCUT2D eigenvalue weighted by molar-refractivity contribution is -0.132. The number of anilines is 1. The van der Waals surface area contributed by atoms with E-state index in [1.54, 1.807) is 23.1 Å². The average molecular weight is 423 g/mol. The van der Waals surface area contributed by atoms with Crippen LogP contribution in [-0.2, 0) is 14.3 Å². The molecule has 154 valence electrons. The number of hydrogen-bond acceptors (Lipinski definition) is 4. The fraction of sp³-hybridized carbons (Fsp3) is 0.375. The smallest absolute Gasteiger partial charge is 0.295 e. The summed E-state index contributed by atoms with van der Waals surface area (Å²) in [5, 5.41) is 0.602. The molecule has 0 saturated heterocycles. The monoisotopic (exact) mass is 422 g/mol. The van der Waals surface area contributed by atoms with Gasteiger partial charge in [-0.3, -0.25) is 14.5 Å². The van der Waals surface area contributed by atoms with Gasteiger partial charge in [-0.1, -0.05) is 36.7 Å². The number of ketones is 1. The molecule has 1 aromatic heterocycles. The molecule has 0 N–H and O–H groups in total. The molecule has 6 heteroatoms. The highest BCUT2D eigenvalue weighted by Gasteiger charge is 2.53. The lowest BCUT2D eigenvalue weighted by Gasteiger charge is -2.37. The summed E-state index contributed by atoms with van der Waals surface area (Å²) >= 11 is 6.10. The number of benzene rings is 1. The first kappa shape index (κ1) is 19.3. The van der Waals surface area contributed by atoms with Crippen molar-refractivity contribution >= 4 is 29.1 Å². The summed E-state index contributed by atoms with van der Waals surface area (Å²) in [7, 11) is 0. The molecule has 3 aliphatic rings. The van der Waals surface area contributed by atoms with Crippen LogP contribution in [0.15, 0.2) is 53.8 Å². The molecule has 30 heavy (non-hydrogen) atoms. The third kappa shape index (κ3) is 3.03. The van der Waals surface area contributed by atoms with E-state index in [-0.39, 0.29) is 29.5 Å². The topological polar surface area (TPSA) is 59.5 Å². The Morgan fingerprint density at radius 2 is 1.87 bits per heavy atom.